The van der Waals surface area contributed by atoms with E-state index in [9.17, 15) is 22.8 Å². The van der Waals surface area contributed by atoms with E-state index in [0.29, 0.717) is 35.6 Å². The van der Waals surface area contributed by atoms with Crippen molar-refractivity contribution in [1.29, 1.82) is 0 Å². The van der Waals surface area contributed by atoms with Crippen LogP contribution in [-0.4, -0.2) is 56.6 Å². The van der Waals surface area contributed by atoms with Crippen LogP contribution in [-0.2, 0) is 14.8 Å². The molecular weight excluding hydrogens is 446 g/mol. The van der Waals surface area contributed by atoms with E-state index >= 15 is 0 Å². The number of sulfonamides is 1. The summed E-state index contributed by atoms with van der Waals surface area (Å²) in [6.07, 6.45) is 3.42. The predicted octanol–water partition coefficient (Wildman–Crippen LogP) is 2.62. The molecule has 1 saturated heterocycles. The largest absolute Gasteiger partial charge is 0.460 e. The van der Waals surface area contributed by atoms with Gasteiger partial charge < -0.3 is 9.64 Å². The van der Waals surface area contributed by atoms with Gasteiger partial charge in [-0.05, 0) is 43.2 Å². The SMILES string of the molecule is O=C(OCCN1C(=O)c2ccccc2C1=O)c1ccc2c(c1)S(=O)(=O)N=C1CCCCCN12. The first-order valence-corrected chi connectivity index (χ1v) is 12.2. The highest BCUT2D eigenvalue weighted by Gasteiger charge is 2.35. The number of hydrogen-bond donors (Lipinski definition) is 0. The normalized spacial score (nSPS) is 18.7. The number of anilines is 1. The maximum Gasteiger partial charge on any atom is 0.338 e. The highest BCUT2D eigenvalue weighted by atomic mass is 32.2. The minimum Gasteiger partial charge on any atom is -0.460 e. The summed E-state index contributed by atoms with van der Waals surface area (Å²) in [4.78, 5) is 40.3. The van der Waals surface area contributed by atoms with Gasteiger partial charge in [-0.1, -0.05) is 18.6 Å². The van der Waals surface area contributed by atoms with E-state index < -0.39 is 27.8 Å². The van der Waals surface area contributed by atoms with Crippen molar-refractivity contribution in [3.63, 3.8) is 0 Å². The Morgan fingerprint density at radius 2 is 1.73 bits per heavy atom. The van der Waals surface area contributed by atoms with Gasteiger partial charge in [-0.2, -0.15) is 8.42 Å². The number of fused-ring (bicyclic) bond motifs is 4. The van der Waals surface area contributed by atoms with Crippen LogP contribution < -0.4 is 4.90 Å². The third-order valence-electron chi connectivity index (χ3n) is 6.01. The average molecular weight is 468 g/mol. The smallest absolute Gasteiger partial charge is 0.338 e. The number of benzene rings is 2. The van der Waals surface area contributed by atoms with Crippen molar-refractivity contribution in [2.75, 3.05) is 24.6 Å². The number of carbonyl (C=O) groups is 3. The lowest BCUT2D eigenvalue weighted by Crippen LogP contribution is -2.35. The molecule has 10 heteroatoms. The second kappa shape index (κ2) is 8.11. The second-order valence-corrected chi connectivity index (χ2v) is 9.64. The van der Waals surface area contributed by atoms with Crippen molar-refractivity contribution in [3.8, 4) is 0 Å². The standard InChI is InChI=1S/C23H21N3O6S/c27-21-16-6-3-4-7-17(16)22(28)26(21)12-13-32-23(29)15-9-10-18-19(14-15)33(30,31)24-20-8-2-1-5-11-25(18)20/h3-4,6-7,9-10,14H,1-2,5,8,11-13H2. The number of nitrogens with zero attached hydrogens (tertiary/aromatic N) is 3. The van der Waals surface area contributed by atoms with Gasteiger partial charge in [0.1, 0.15) is 17.3 Å². The Kier molecular flexibility index (Phi) is 5.24. The third-order valence-corrected chi connectivity index (χ3v) is 7.34. The fourth-order valence-electron chi connectivity index (χ4n) is 4.36. The molecule has 0 atom stereocenters. The Morgan fingerprint density at radius 3 is 2.45 bits per heavy atom. The first-order valence-electron chi connectivity index (χ1n) is 10.7. The fraction of sp³-hybridized carbons (Fsp3) is 0.304. The molecule has 2 amide bonds. The Morgan fingerprint density at radius 1 is 1.00 bits per heavy atom. The summed E-state index contributed by atoms with van der Waals surface area (Å²) in [5.74, 6) is -1.07. The second-order valence-electron chi connectivity index (χ2n) is 8.07. The summed E-state index contributed by atoms with van der Waals surface area (Å²) < 4.78 is 34.7. The molecule has 2 aromatic carbocycles. The molecule has 170 valence electrons. The Balaban J connectivity index is 1.30. The highest BCUT2D eigenvalue weighted by molar-refractivity contribution is 7.90. The lowest BCUT2D eigenvalue weighted by molar-refractivity contribution is 0.0420. The third kappa shape index (κ3) is 3.70. The van der Waals surface area contributed by atoms with Gasteiger partial charge in [-0.15, -0.1) is 4.40 Å². The molecule has 2 aromatic rings. The van der Waals surface area contributed by atoms with Crippen LogP contribution >= 0.6 is 0 Å². The average Bonchev–Trinajstić information content (AvgIpc) is 2.95. The zero-order valence-electron chi connectivity index (χ0n) is 17.7. The molecule has 0 bridgehead atoms. The van der Waals surface area contributed by atoms with Crippen molar-refractivity contribution in [2.45, 2.75) is 30.6 Å². The zero-order chi connectivity index (χ0) is 23.2. The van der Waals surface area contributed by atoms with Gasteiger partial charge in [-0.3, -0.25) is 14.5 Å². The summed E-state index contributed by atoms with van der Waals surface area (Å²) in [5, 5.41) is 0. The van der Waals surface area contributed by atoms with Gasteiger partial charge in [0.05, 0.1) is 28.9 Å². The van der Waals surface area contributed by atoms with E-state index in [1.165, 1.54) is 12.1 Å². The zero-order valence-corrected chi connectivity index (χ0v) is 18.5. The Hall–Kier alpha value is -3.53. The van der Waals surface area contributed by atoms with E-state index in [1.807, 2.05) is 4.90 Å². The number of ether oxygens (including phenoxy) is 1. The van der Waals surface area contributed by atoms with Gasteiger partial charge in [-0.25, -0.2) is 4.79 Å². The number of amidine groups is 1. The number of hydrogen-bond acceptors (Lipinski definition) is 7. The topological polar surface area (TPSA) is 113 Å². The molecule has 0 N–H and O–H groups in total. The summed E-state index contributed by atoms with van der Waals surface area (Å²) in [6, 6.07) is 10.9. The Labute approximate surface area is 190 Å². The van der Waals surface area contributed by atoms with Gasteiger partial charge in [0.25, 0.3) is 21.8 Å². The van der Waals surface area contributed by atoms with Crippen LogP contribution in [0.3, 0.4) is 0 Å². The summed E-state index contributed by atoms with van der Waals surface area (Å²) in [6.45, 7) is 0.372. The van der Waals surface area contributed by atoms with Crippen molar-refractivity contribution < 1.29 is 27.5 Å². The molecule has 3 aliphatic heterocycles. The Bertz CT molecular complexity index is 1280. The maximum atomic E-state index is 12.7. The molecule has 3 heterocycles. The lowest BCUT2D eigenvalue weighted by atomic mass is 10.1. The fourth-order valence-corrected chi connectivity index (χ4v) is 5.65. The van der Waals surface area contributed by atoms with E-state index in [1.54, 1.807) is 30.3 Å². The monoisotopic (exact) mass is 467 g/mol. The van der Waals surface area contributed by atoms with Gasteiger partial charge in [0, 0.05) is 13.0 Å². The molecule has 3 aliphatic rings. The number of imide groups is 1. The van der Waals surface area contributed by atoms with Crippen LogP contribution in [0.4, 0.5) is 5.69 Å². The molecule has 0 radical (unpaired) electrons. The van der Waals surface area contributed by atoms with E-state index in [0.717, 1.165) is 24.2 Å². The molecule has 9 nitrogen and oxygen atoms in total. The van der Waals surface area contributed by atoms with Crippen LogP contribution in [0.5, 0.6) is 0 Å². The van der Waals surface area contributed by atoms with Crippen LogP contribution in [0.2, 0.25) is 0 Å². The molecule has 1 fully saturated rings. The summed E-state index contributed by atoms with van der Waals surface area (Å²) in [5.41, 5.74) is 1.22. The van der Waals surface area contributed by atoms with E-state index in [-0.39, 0.29) is 23.6 Å². The van der Waals surface area contributed by atoms with Crippen molar-refractivity contribution in [3.05, 3.63) is 59.2 Å². The minimum absolute atomic E-state index is 0.0250. The number of rotatable bonds is 4. The molecule has 5 rings (SSSR count). The van der Waals surface area contributed by atoms with Crippen LogP contribution in [0.15, 0.2) is 51.8 Å². The minimum atomic E-state index is -3.92. The van der Waals surface area contributed by atoms with Crippen LogP contribution in [0.1, 0.15) is 56.8 Å². The van der Waals surface area contributed by atoms with Crippen molar-refractivity contribution >= 4 is 39.3 Å². The van der Waals surface area contributed by atoms with E-state index in [2.05, 4.69) is 4.40 Å². The molecule has 33 heavy (non-hydrogen) atoms. The van der Waals surface area contributed by atoms with Gasteiger partial charge in [0.15, 0.2) is 0 Å². The lowest BCUT2D eigenvalue weighted by Gasteiger charge is -2.29. The predicted molar refractivity (Wildman–Crippen MR) is 119 cm³/mol. The number of carbonyl (C=O) groups excluding carboxylic acids is 3. The molecular formula is C23H21N3O6S. The summed E-state index contributed by atoms with van der Waals surface area (Å²) in [7, 11) is -3.92. The van der Waals surface area contributed by atoms with Crippen LogP contribution in [0.25, 0.3) is 0 Å². The number of amides is 2. The molecule has 0 unspecified atom stereocenters. The van der Waals surface area contributed by atoms with Gasteiger partial charge in [0.2, 0.25) is 0 Å². The molecule has 0 aliphatic carbocycles. The molecule has 0 spiro atoms. The maximum absolute atomic E-state index is 12.7. The van der Waals surface area contributed by atoms with Crippen molar-refractivity contribution in [2.24, 2.45) is 4.40 Å². The first kappa shape index (κ1) is 21.3. The van der Waals surface area contributed by atoms with Crippen LogP contribution in [0, 0.1) is 0 Å². The molecule has 0 aromatic heterocycles. The van der Waals surface area contributed by atoms with Gasteiger partial charge >= 0.3 is 5.97 Å². The number of esters is 1. The molecule has 0 saturated carbocycles. The first-order chi connectivity index (χ1) is 15.9. The highest BCUT2D eigenvalue weighted by Crippen LogP contribution is 2.35. The summed E-state index contributed by atoms with van der Waals surface area (Å²) >= 11 is 0. The van der Waals surface area contributed by atoms with E-state index in [4.69, 9.17) is 4.74 Å². The quantitative estimate of drug-likeness (QED) is 0.502. The van der Waals surface area contributed by atoms with Crippen molar-refractivity contribution in [1.82, 2.24) is 4.90 Å².